The van der Waals surface area contributed by atoms with E-state index in [1.165, 1.54) is 24.3 Å². The number of carbonyl (C=O) groups is 2. The number of hydrogen-bond donors (Lipinski definition) is 2. The number of benzene rings is 2. The summed E-state index contributed by atoms with van der Waals surface area (Å²) in [6.45, 7) is 5.19. The van der Waals surface area contributed by atoms with Crippen LogP contribution in [0.5, 0.6) is 0 Å². The Hall–Kier alpha value is -3.18. The normalized spacial score (nSPS) is 22.5. The van der Waals surface area contributed by atoms with E-state index in [1.807, 2.05) is 0 Å². The number of hydrogen-bond acceptors (Lipinski definition) is 5. The molecule has 0 aromatic heterocycles. The minimum absolute atomic E-state index is 0.0326. The number of Topliss-reactive ketones (excluding diaryl/α,β-unsaturated/α-hetero) is 1. The largest absolute Gasteiger partial charge is 0.421 e. The van der Waals surface area contributed by atoms with Crippen molar-refractivity contribution in [3.63, 3.8) is 0 Å². The zero-order valence-electron chi connectivity index (χ0n) is 19.2. The molecule has 1 heterocycles. The van der Waals surface area contributed by atoms with Crippen LogP contribution < -0.4 is 15.4 Å². The van der Waals surface area contributed by atoms with Crippen LogP contribution in [0.25, 0.3) is 0 Å². The first-order chi connectivity index (χ1) is 16.1. The van der Waals surface area contributed by atoms with E-state index in [-0.39, 0.29) is 29.9 Å². The van der Waals surface area contributed by atoms with E-state index in [2.05, 4.69) is 0 Å². The third kappa shape index (κ3) is 4.02. The van der Waals surface area contributed by atoms with Crippen LogP contribution in [0.4, 0.5) is 24.5 Å². The van der Waals surface area contributed by atoms with Gasteiger partial charge in [0.25, 0.3) is 5.91 Å². The molecule has 2 aromatic carbocycles. The van der Waals surface area contributed by atoms with Crippen LogP contribution in [0.1, 0.15) is 32.3 Å². The number of nitrogens with zero attached hydrogens (tertiary/aromatic N) is 1. The van der Waals surface area contributed by atoms with Crippen molar-refractivity contribution in [3.8, 4) is 0 Å². The van der Waals surface area contributed by atoms with Crippen LogP contribution in [0.3, 0.4) is 0 Å². The molecular weight excluding hydrogens is 483 g/mol. The van der Waals surface area contributed by atoms with Crippen molar-refractivity contribution in [3.05, 3.63) is 65.4 Å². The van der Waals surface area contributed by atoms with E-state index >= 15 is 0 Å². The first-order valence-electron chi connectivity index (χ1n) is 10.7. The van der Waals surface area contributed by atoms with Crippen LogP contribution in [-0.4, -0.2) is 31.8 Å². The Kier molecular flexibility index (Phi) is 5.64. The van der Waals surface area contributed by atoms with Gasteiger partial charge in [0.1, 0.15) is 0 Å². The Balaban J connectivity index is 1.98. The van der Waals surface area contributed by atoms with Gasteiger partial charge in [-0.1, -0.05) is 31.5 Å². The van der Waals surface area contributed by atoms with Gasteiger partial charge in [-0.2, -0.15) is 17.9 Å². The molecule has 11 heteroatoms. The van der Waals surface area contributed by atoms with Gasteiger partial charge in [-0.25, -0.2) is 8.42 Å². The molecule has 35 heavy (non-hydrogen) atoms. The second-order valence-electron chi connectivity index (χ2n) is 9.66. The van der Waals surface area contributed by atoms with Gasteiger partial charge in [0.2, 0.25) is 15.6 Å². The second kappa shape index (κ2) is 7.92. The number of carbonyl (C=O) groups excluding carboxylic acids is 2. The minimum Gasteiger partial charge on any atom is -0.399 e. The highest BCUT2D eigenvalue weighted by Gasteiger charge is 2.72. The number of alkyl halides is 3. The summed E-state index contributed by atoms with van der Waals surface area (Å²) in [4.78, 5) is 27.2. The molecule has 0 radical (unpaired) electrons. The summed E-state index contributed by atoms with van der Waals surface area (Å²) in [6, 6.07) is 10.6. The van der Waals surface area contributed by atoms with Gasteiger partial charge >= 0.3 is 6.18 Å². The first-order valence-corrected chi connectivity index (χ1v) is 12.2. The lowest BCUT2D eigenvalue weighted by molar-refractivity contribution is -0.184. The maximum absolute atomic E-state index is 14.9. The molecule has 7 nitrogen and oxygen atoms in total. The number of anilines is 2. The van der Waals surface area contributed by atoms with Gasteiger partial charge in [0.15, 0.2) is 5.78 Å². The summed E-state index contributed by atoms with van der Waals surface area (Å²) in [6.07, 6.45) is -5.76. The molecule has 0 saturated heterocycles. The SMILES string of the molecule is Cc1ccc(N2C(=O)C(NS(=O)(=O)c3ccc(N)cc3)(C(F)(F)F)C3=C2CC(C)(C)CC3=O)cc1. The maximum atomic E-state index is 14.9. The van der Waals surface area contributed by atoms with Gasteiger partial charge in [0, 0.05) is 23.5 Å². The molecule has 1 aliphatic carbocycles. The number of nitrogens with two attached hydrogens (primary N) is 1. The van der Waals surface area contributed by atoms with Crippen molar-refractivity contribution in [2.24, 2.45) is 5.41 Å². The number of amides is 1. The number of sulfonamides is 1. The van der Waals surface area contributed by atoms with Crippen LogP contribution >= 0.6 is 0 Å². The second-order valence-corrected chi connectivity index (χ2v) is 11.3. The van der Waals surface area contributed by atoms with Gasteiger partial charge in [-0.05, 0) is 55.2 Å². The topological polar surface area (TPSA) is 110 Å². The van der Waals surface area contributed by atoms with E-state index in [9.17, 15) is 31.2 Å². The molecule has 2 aliphatic rings. The fraction of sp³-hybridized carbons (Fsp3) is 0.333. The van der Waals surface area contributed by atoms with Crippen LogP contribution in [-0.2, 0) is 19.6 Å². The average Bonchev–Trinajstić information content (AvgIpc) is 2.96. The lowest BCUT2D eigenvalue weighted by atomic mass is 9.72. The summed E-state index contributed by atoms with van der Waals surface area (Å²) in [5, 5.41) is 0. The Labute approximate surface area is 200 Å². The zero-order chi connectivity index (χ0) is 26.0. The molecule has 4 rings (SSSR count). The van der Waals surface area contributed by atoms with Crippen molar-refractivity contribution < 1.29 is 31.2 Å². The molecule has 0 spiro atoms. The summed E-state index contributed by atoms with van der Waals surface area (Å²) in [7, 11) is -4.91. The number of allylic oxidation sites excluding steroid dienone is 1. The summed E-state index contributed by atoms with van der Waals surface area (Å²) < 4.78 is 72.5. The molecule has 0 saturated carbocycles. The Bertz CT molecular complexity index is 1350. The maximum Gasteiger partial charge on any atom is 0.421 e. The van der Waals surface area contributed by atoms with Gasteiger partial charge in [-0.15, -0.1) is 0 Å². The van der Waals surface area contributed by atoms with E-state index in [0.29, 0.717) is 0 Å². The number of halogens is 3. The van der Waals surface area contributed by atoms with Gasteiger partial charge in [0.05, 0.1) is 10.5 Å². The summed E-state index contributed by atoms with van der Waals surface area (Å²) in [5.74, 6) is -2.53. The third-order valence-corrected chi connectivity index (χ3v) is 7.68. The number of aryl methyl sites for hydroxylation is 1. The Morgan fingerprint density at radius 1 is 0.971 bits per heavy atom. The van der Waals surface area contributed by atoms with Crippen molar-refractivity contribution in [2.75, 3.05) is 10.6 Å². The highest BCUT2D eigenvalue weighted by Crippen LogP contribution is 2.53. The molecule has 1 atom stereocenters. The molecule has 186 valence electrons. The van der Waals surface area contributed by atoms with Crippen molar-refractivity contribution in [1.82, 2.24) is 4.72 Å². The first kappa shape index (κ1) is 24.9. The number of nitrogens with one attached hydrogen (secondary N) is 1. The molecule has 3 N–H and O–H groups in total. The van der Waals surface area contributed by atoms with Crippen molar-refractivity contribution in [2.45, 2.75) is 50.2 Å². The fourth-order valence-corrected chi connectivity index (χ4v) is 5.91. The smallest absolute Gasteiger partial charge is 0.399 e. The standard InChI is InChI=1S/C24H24F3N3O4S/c1-14-4-8-16(9-5-14)30-18-12-22(2,3)13-19(31)20(18)23(21(30)32,24(25,26)27)29-35(33,34)17-10-6-15(28)7-11-17/h4-11,29H,12-13,28H2,1-3H3. The Morgan fingerprint density at radius 3 is 2.09 bits per heavy atom. The number of nitrogen functional groups attached to an aromatic ring is 1. The van der Waals surface area contributed by atoms with E-state index < -0.39 is 49.3 Å². The molecule has 1 aliphatic heterocycles. The molecule has 2 aromatic rings. The Morgan fingerprint density at radius 2 is 1.54 bits per heavy atom. The number of rotatable bonds is 4. The minimum atomic E-state index is -5.46. The van der Waals surface area contributed by atoms with E-state index in [1.54, 1.807) is 37.6 Å². The molecular formula is C24H24F3N3O4S. The highest BCUT2D eigenvalue weighted by molar-refractivity contribution is 7.89. The van der Waals surface area contributed by atoms with Crippen LogP contribution in [0.15, 0.2) is 64.7 Å². The average molecular weight is 508 g/mol. The monoisotopic (exact) mass is 507 g/mol. The quantitative estimate of drug-likeness (QED) is 0.611. The third-order valence-electron chi connectivity index (χ3n) is 6.22. The summed E-state index contributed by atoms with van der Waals surface area (Å²) in [5.41, 5.74) is 1.13. The van der Waals surface area contributed by atoms with Gasteiger partial charge in [-0.3, -0.25) is 14.5 Å². The predicted molar refractivity (Wildman–Crippen MR) is 124 cm³/mol. The van der Waals surface area contributed by atoms with Crippen LogP contribution in [0.2, 0.25) is 0 Å². The van der Waals surface area contributed by atoms with Crippen molar-refractivity contribution in [1.29, 1.82) is 0 Å². The molecule has 1 amide bonds. The summed E-state index contributed by atoms with van der Waals surface area (Å²) >= 11 is 0. The van der Waals surface area contributed by atoms with E-state index in [0.717, 1.165) is 22.6 Å². The van der Waals surface area contributed by atoms with Crippen molar-refractivity contribution >= 4 is 33.1 Å². The molecule has 0 bridgehead atoms. The molecule has 0 fully saturated rings. The molecule has 1 unspecified atom stereocenters. The predicted octanol–water partition coefficient (Wildman–Crippen LogP) is 3.85. The number of ketones is 1. The zero-order valence-corrected chi connectivity index (χ0v) is 20.0. The van der Waals surface area contributed by atoms with Gasteiger partial charge < -0.3 is 5.73 Å². The lowest BCUT2D eigenvalue weighted by Crippen LogP contribution is -2.66. The van der Waals surface area contributed by atoms with Crippen LogP contribution in [0, 0.1) is 12.3 Å². The lowest BCUT2D eigenvalue weighted by Gasteiger charge is -2.35. The fourth-order valence-electron chi connectivity index (χ4n) is 4.59. The highest BCUT2D eigenvalue weighted by atomic mass is 32.2. The van der Waals surface area contributed by atoms with E-state index in [4.69, 9.17) is 5.73 Å².